The number of nitrogens with zero attached hydrogens (tertiary/aromatic N) is 1. The number of aryl methyl sites for hydroxylation is 3. The van der Waals surface area contributed by atoms with Crippen LogP contribution in [0.15, 0.2) is 65.1 Å². The van der Waals surface area contributed by atoms with Crippen LogP contribution in [-0.2, 0) is 19.1 Å². The molecule has 0 amide bonds. The van der Waals surface area contributed by atoms with E-state index in [1.165, 1.54) is 5.56 Å². The van der Waals surface area contributed by atoms with E-state index in [4.69, 9.17) is 9.47 Å². The van der Waals surface area contributed by atoms with Crippen LogP contribution in [0.5, 0.6) is 0 Å². The molecule has 6 rings (SSSR count). The quantitative estimate of drug-likeness (QED) is 0.137. The molecule has 214 valence electrons. The van der Waals surface area contributed by atoms with Crippen LogP contribution in [0.25, 0.3) is 10.9 Å². The van der Waals surface area contributed by atoms with Crippen LogP contribution in [0.1, 0.15) is 66.0 Å². The number of cyclic esters (lactones) is 1. The van der Waals surface area contributed by atoms with E-state index in [1.807, 2.05) is 37.4 Å². The van der Waals surface area contributed by atoms with E-state index in [1.54, 1.807) is 0 Å². The Bertz CT molecular complexity index is 1580. The Balaban J connectivity index is 1.56. The van der Waals surface area contributed by atoms with Crippen LogP contribution in [0.2, 0.25) is 0 Å². The highest BCUT2D eigenvalue weighted by Crippen LogP contribution is 2.48. The van der Waals surface area contributed by atoms with Gasteiger partial charge in [-0.1, -0.05) is 52.4 Å². The van der Waals surface area contributed by atoms with Crippen molar-refractivity contribution in [1.82, 2.24) is 15.2 Å². The monoisotopic (exact) mass is 665 g/mol. The van der Waals surface area contributed by atoms with E-state index in [2.05, 4.69) is 70.7 Å². The van der Waals surface area contributed by atoms with Gasteiger partial charge in [0.1, 0.15) is 6.10 Å². The molecule has 7 nitrogen and oxygen atoms in total. The Kier molecular flexibility index (Phi) is 7.72. The third-order valence-electron chi connectivity index (χ3n) is 8.68. The molecule has 2 unspecified atom stereocenters. The minimum absolute atomic E-state index is 0.0347. The lowest BCUT2D eigenvalue weighted by Crippen LogP contribution is -2.44. The fourth-order valence-corrected chi connectivity index (χ4v) is 7.94. The maximum atomic E-state index is 14.1. The van der Waals surface area contributed by atoms with E-state index in [-0.39, 0.29) is 18.6 Å². The van der Waals surface area contributed by atoms with Crippen molar-refractivity contribution in [3.05, 3.63) is 93.0 Å². The molecule has 3 aliphatic heterocycles. The predicted molar refractivity (Wildman–Crippen MR) is 168 cm³/mol. The van der Waals surface area contributed by atoms with E-state index in [0.29, 0.717) is 17.6 Å². The zero-order chi connectivity index (χ0) is 28.8. The summed E-state index contributed by atoms with van der Waals surface area (Å²) in [5, 5.41) is 4.65. The number of alkyl halides is 1. The van der Waals surface area contributed by atoms with Crippen molar-refractivity contribution in [3.63, 3.8) is 0 Å². The molecular formula is C33H36IN3O4. The summed E-state index contributed by atoms with van der Waals surface area (Å²) in [6, 6.07) is 12.3. The first-order valence-electron chi connectivity index (χ1n) is 14.4. The molecule has 2 N–H and O–H groups in total. The van der Waals surface area contributed by atoms with Crippen molar-refractivity contribution in [2.24, 2.45) is 0 Å². The van der Waals surface area contributed by atoms with Gasteiger partial charge in [0.15, 0.2) is 0 Å². The highest BCUT2D eigenvalue weighted by atomic mass is 127. The molecule has 0 aliphatic carbocycles. The number of carbonyl (C=O) groups is 2. The van der Waals surface area contributed by atoms with Crippen LogP contribution in [0.4, 0.5) is 0 Å². The van der Waals surface area contributed by atoms with Crippen molar-refractivity contribution < 1.29 is 19.1 Å². The first-order chi connectivity index (χ1) is 19.8. The first-order valence-corrected chi connectivity index (χ1v) is 15.9. The number of hydrogen-bond acceptors (Lipinski definition) is 6. The molecule has 3 aromatic rings. The predicted octanol–water partition coefficient (Wildman–Crippen LogP) is 6.40. The first kappa shape index (κ1) is 28.0. The van der Waals surface area contributed by atoms with Gasteiger partial charge in [-0.3, -0.25) is 4.90 Å². The van der Waals surface area contributed by atoms with Gasteiger partial charge in [-0.25, -0.2) is 9.59 Å². The zero-order valence-electron chi connectivity index (χ0n) is 24.0. The van der Waals surface area contributed by atoms with E-state index >= 15 is 0 Å². The topological polar surface area (TPSA) is 83.7 Å². The largest absolute Gasteiger partial charge is 0.463 e. The molecule has 0 saturated carbocycles. The molecule has 1 aromatic heterocycles. The SMILES string of the molecule is CCOC(=O)C1=C([C@H]2CCCN2CI)NC2=C(C(=O)OC(c3c(C)cc(C)cc3C)C2)C1c1cccc2[nH]ccc12. The van der Waals surface area contributed by atoms with Crippen LogP contribution in [0.3, 0.4) is 0 Å². The molecular weight excluding hydrogens is 629 g/mol. The van der Waals surface area contributed by atoms with Crippen molar-refractivity contribution in [3.8, 4) is 0 Å². The van der Waals surface area contributed by atoms with Crippen molar-refractivity contribution in [1.29, 1.82) is 0 Å². The maximum Gasteiger partial charge on any atom is 0.337 e. The fraction of sp³-hybridized carbons (Fsp3) is 0.394. The van der Waals surface area contributed by atoms with Gasteiger partial charge in [-0.15, -0.1) is 0 Å². The number of ether oxygens (including phenoxy) is 2. The Morgan fingerprint density at radius 1 is 1.17 bits per heavy atom. The number of fused-ring (bicyclic) bond motifs is 1. The lowest BCUT2D eigenvalue weighted by molar-refractivity contribution is -0.147. The lowest BCUT2D eigenvalue weighted by Gasteiger charge is -2.40. The molecule has 0 bridgehead atoms. The highest BCUT2D eigenvalue weighted by Gasteiger charge is 2.46. The fourth-order valence-electron chi connectivity index (χ4n) is 7.12. The number of H-pyrrole nitrogens is 1. The summed E-state index contributed by atoms with van der Waals surface area (Å²) in [7, 11) is 0. The van der Waals surface area contributed by atoms with Gasteiger partial charge < -0.3 is 19.8 Å². The Hall–Kier alpha value is -3.11. The van der Waals surface area contributed by atoms with Crippen LogP contribution in [0, 0.1) is 20.8 Å². The van der Waals surface area contributed by atoms with Gasteiger partial charge in [-0.2, -0.15) is 0 Å². The third-order valence-corrected chi connectivity index (χ3v) is 9.56. The average molecular weight is 666 g/mol. The number of esters is 2. The van der Waals surface area contributed by atoms with Gasteiger partial charge in [0.05, 0.1) is 34.3 Å². The Morgan fingerprint density at radius 3 is 2.68 bits per heavy atom. The summed E-state index contributed by atoms with van der Waals surface area (Å²) >= 11 is 2.40. The van der Waals surface area contributed by atoms with Gasteiger partial charge in [0, 0.05) is 34.9 Å². The number of aromatic amines is 1. The molecule has 1 saturated heterocycles. The van der Waals surface area contributed by atoms with Crippen molar-refractivity contribution in [2.75, 3.05) is 17.7 Å². The molecule has 3 atom stereocenters. The number of dihydropyridines is 1. The maximum absolute atomic E-state index is 14.1. The lowest BCUT2D eigenvalue weighted by atomic mass is 9.76. The summed E-state index contributed by atoms with van der Waals surface area (Å²) in [4.78, 5) is 33.7. The molecule has 0 radical (unpaired) electrons. The normalized spacial score (nSPS) is 23.0. The Morgan fingerprint density at radius 2 is 1.95 bits per heavy atom. The highest BCUT2D eigenvalue weighted by molar-refractivity contribution is 14.1. The number of carbonyl (C=O) groups excluding carboxylic acids is 2. The standard InChI is InChI=1S/C33H36IN3O4/c1-5-40-32(38)30-28(22-8-6-9-23-21(22)11-12-35-23)29-24(36-31(30)25-10-7-13-37(25)17-34)16-26(41-33(29)39)27-19(3)14-18(2)15-20(27)4/h6,8-9,11-12,14-15,25-26,28,35-36H,5,7,10,13,16-17H2,1-4H3/t25-,26?,28?/m1/s1. The molecule has 4 heterocycles. The third kappa shape index (κ3) is 4.88. The Labute approximate surface area is 254 Å². The minimum atomic E-state index is -0.606. The van der Waals surface area contributed by atoms with Crippen molar-refractivity contribution >= 4 is 45.4 Å². The van der Waals surface area contributed by atoms with Crippen LogP contribution in [-0.4, -0.2) is 45.6 Å². The second-order valence-electron chi connectivity index (χ2n) is 11.3. The van der Waals surface area contributed by atoms with E-state index in [9.17, 15) is 9.59 Å². The number of likely N-dealkylation sites (tertiary alicyclic amines) is 1. The summed E-state index contributed by atoms with van der Waals surface area (Å²) in [5.74, 6) is -1.39. The van der Waals surface area contributed by atoms with Crippen LogP contribution < -0.4 is 5.32 Å². The summed E-state index contributed by atoms with van der Waals surface area (Å²) in [6.45, 7) is 9.28. The number of hydrogen-bond donors (Lipinski definition) is 2. The number of benzene rings is 2. The second kappa shape index (κ2) is 11.3. The summed E-state index contributed by atoms with van der Waals surface area (Å²) in [5.41, 5.74) is 9.04. The number of halogens is 1. The van der Waals surface area contributed by atoms with E-state index in [0.717, 1.165) is 68.5 Å². The van der Waals surface area contributed by atoms with Gasteiger partial charge >= 0.3 is 11.9 Å². The van der Waals surface area contributed by atoms with Crippen LogP contribution >= 0.6 is 22.6 Å². The second-order valence-corrected chi connectivity index (χ2v) is 12.0. The van der Waals surface area contributed by atoms with Gasteiger partial charge in [-0.05, 0) is 81.5 Å². The summed E-state index contributed by atoms with van der Waals surface area (Å²) < 4.78 is 12.8. The minimum Gasteiger partial charge on any atom is -0.463 e. The molecule has 0 spiro atoms. The number of nitrogens with one attached hydrogen (secondary N) is 2. The van der Waals surface area contributed by atoms with Gasteiger partial charge in [0.25, 0.3) is 0 Å². The summed E-state index contributed by atoms with van der Waals surface area (Å²) in [6.07, 6.45) is 3.98. The molecule has 3 aliphatic rings. The van der Waals surface area contributed by atoms with Crippen molar-refractivity contribution in [2.45, 2.75) is 65.0 Å². The smallest absolute Gasteiger partial charge is 0.337 e. The average Bonchev–Trinajstić information content (AvgIpc) is 3.61. The molecule has 41 heavy (non-hydrogen) atoms. The molecule has 8 heteroatoms. The molecule has 1 fully saturated rings. The number of aromatic nitrogens is 1. The zero-order valence-corrected chi connectivity index (χ0v) is 26.1. The van der Waals surface area contributed by atoms with Gasteiger partial charge in [0.2, 0.25) is 0 Å². The van der Waals surface area contributed by atoms with E-state index < -0.39 is 18.0 Å². The molecule has 2 aromatic carbocycles. The number of rotatable bonds is 6.